The fourth-order valence-corrected chi connectivity index (χ4v) is 4.92. The normalized spacial score (nSPS) is 14.5. The van der Waals surface area contributed by atoms with E-state index in [9.17, 15) is 9.59 Å². The monoisotopic (exact) mass is 453 g/mol. The molecule has 1 saturated carbocycles. The summed E-state index contributed by atoms with van der Waals surface area (Å²) >= 11 is 1.32. The van der Waals surface area contributed by atoms with Crippen molar-refractivity contribution in [3.8, 4) is 0 Å². The summed E-state index contributed by atoms with van der Waals surface area (Å²) in [5.41, 5.74) is 1.94. The van der Waals surface area contributed by atoms with Crippen molar-refractivity contribution in [2.24, 2.45) is 0 Å². The summed E-state index contributed by atoms with van der Waals surface area (Å²) in [7, 11) is 0. The molecule has 0 saturated heterocycles. The number of hydrogen-bond acceptors (Lipinski definition) is 8. The molecule has 1 aliphatic rings. The van der Waals surface area contributed by atoms with Crippen LogP contribution in [0, 0.1) is 6.92 Å². The molecule has 8 heteroatoms. The highest BCUT2D eigenvalue weighted by Crippen LogP contribution is 2.35. The fraction of sp³-hybridized carbons (Fsp3) is 0.417. The van der Waals surface area contributed by atoms with Crippen molar-refractivity contribution in [1.29, 1.82) is 0 Å². The van der Waals surface area contributed by atoms with E-state index in [1.54, 1.807) is 18.2 Å². The number of rotatable bonds is 6. The van der Waals surface area contributed by atoms with Crippen LogP contribution in [0.5, 0.6) is 0 Å². The predicted molar refractivity (Wildman–Crippen MR) is 125 cm³/mol. The first-order valence-electron chi connectivity index (χ1n) is 11.0. The highest BCUT2D eigenvalue weighted by atomic mass is 32.1. The minimum absolute atomic E-state index is 0.00197. The Morgan fingerprint density at radius 3 is 2.66 bits per heavy atom. The van der Waals surface area contributed by atoms with Crippen LogP contribution < -0.4 is 5.32 Å². The van der Waals surface area contributed by atoms with E-state index >= 15 is 0 Å². The number of benzene rings is 1. The zero-order chi connectivity index (χ0) is 22.7. The van der Waals surface area contributed by atoms with Crippen LogP contribution in [0.15, 0.2) is 30.6 Å². The van der Waals surface area contributed by atoms with E-state index < -0.39 is 0 Å². The Balaban J connectivity index is 1.59. The molecule has 1 aliphatic carbocycles. The standard InChI is InChI=1S/C24H27N3O4S/c1-14(2)30-23(28)16-8-7-9-17(12-16)27-21-19-15(3)20(32-22(19)26-13-25-21)24(29)31-18-10-5-4-6-11-18/h7-9,12-14,18H,4-6,10-11H2,1-3H3,(H,25,26,27). The molecule has 0 aliphatic heterocycles. The number of anilines is 2. The van der Waals surface area contributed by atoms with E-state index in [0.29, 0.717) is 26.8 Å². The molecule has 0 spiro atoms. The molecule has 0 radical (unpaired) electrons. The van der Waals surface area contributed by atoms with Crippen LogP contribution in [0.2, 0.25) is 0 Å². The smallest absolute Gasteiger partial charge is 0.348 e. The number of esters is 2. The van der Waals surface area contributed by atoms with Crippen molar-refractivity contribution in [3.63, 3.8) is 0 Å². The lowest BCUT2D eigenvalue weighted by molar-refractivity contribution is 0.0215. The third-order valence-electron chi connectivity index (χ3n) is 5.44. The lowest BCUT2D eigenvalue weighted by atomic mass is 9.98. The molecule has 1 N–H and O–H groups in total. The molecule has 0 amide bonds. The van der Waals surface area contributed by atoms with Crippen molar-refractivity contribution < 1.29 is 19.1 Å². The van der Waals surface area contributed by atoms with Crippen molar-refractivity contribution >= 4 is 45.0 Å². The Labute approximate surface area is 191 Å². The van der Waals surface area contributed by atoms with Gasteiger partial charge in [0.05, 0.1) is 17.1 Å². The largest absolute Gasteiger partial charge is 0.459 e. The Morgan fingerprint density at radius 2 is 1.91 bits per heavy atom. The van der Waals surface area contributed by atoms with Gasteiger partial charge in [-0.05, 0) is 70.2 Å². The number of fused-ring (bicyclic) bond motifs is 1. The van der Waals surface area contributed by atoms with Gasteiger partial charge in [-0.3, -0.25) is 0 Å². The van der Waals surface area contributed by atoms with Crippen molar-refractivity contribution in [2.45, 2.75) is 65.1 Å². The maximum atomic E-state index is 12.8. The molecule has 2 aromatic heterocycles. The summed E-state index contributed by atoms with van der Waals surface area (Å²) in [4.78, 5) is 35.1. The Kier molecular flexibility index (Phi) is 6.69. The first kappa shape index (κ1) is 22.2. The fourth-order valence-electron chi connectivity index (χ4n) is 3.89. The number of ether oxygens (including phenoxy) is 2. The van der Waals surface area contributed by atoms with Gasteiger partial charge in [-0.15, -0.1) is 11.3 Å². The van der Waals surface area contributed by atoms with Gasteiger partial charge in [0, 0.05) is 5.69 Å². The summed E-state index contributed by atoms with van der Waals surface area (Å²) in [6.45, 7) is 5.52. The molecule has 32 heavy (non-hydrogen) atoms. The molecule has 1 aromatic carbocycles. The van der Waals surface area contributed by atoms with Crippen molar-refractivity contribution in [2.75, 3.05) is 5.32 Å². The second-order valence-corrected chi connectivity index (χ2v) is 9.28. The molecule has 3 aromatic rings. The number of nitrogens with one attached hydrogen (secondary N) is 1. The number of nitrogens with zero attached hydrogens (tertiary/aromatic N) is 2. The van der Waals surface area contributed by atoms with Crippen LogP contribution in [0.3, 0.4) is 0 Å². The van der Waals surface area contributed by atoms with Crippen LogP contribution in [0.4, 0.5) is 11.5 Å². The lowest BCUT2D eigenvalue weighted by Gasteiger charge is -2.21. The zero-order valence-corrected chi connectivity index (χ0v) is 19.3. The number of thiophene rings is 1. The Bertz CT molecular complexity index is 1140. The molecular formula is C24H27N3O4S. The van der Waals surface area contributed by atoms with Gasteiger partial charge in [-0.1, -0.05) is 12.5 Å². The van der Waals surface area contributed by atoms with E-state index in [1.165, 1.54) is 24.1 Å². The van der Waals surface area contributed by atoms with Crippen molar-refractivity contribution in [1.82, 2.24) is 9.97 Å². The quantitative estimate of drug-likeness (QED) is 0.472. The average molecular weight is 454 g/mol. The molecule has 0 unspecified atom stereocenters. The molecule has 1 fully saturated rings. The molecule has 168 valence electrons. The second-order valence-electron chi connectivity index (χ2n) is 8.28. The van der Waals surface area contributed by atoms with E-state index in [1.807, 2.05) is 26.8 Å². The predicted octanol–water partition coefficient (Wildman–Crippen LogP) is 5.80. The number of aryl methyl sites for hydroxylation is 1. The molecule has 0 atom stereocenters. The van der Waals surface area contributed by atoms with Gasteiger partial charge in [0.15, 0.2) is 0 Å². The summed E-state index contributed by atoms with van der Waals surface area (Å²) < 4.78 is 11.1. The SMILES string of the molecule is Cc1c(C(=O)OC2CCCCC2)sc2ncnc(Nc3cccc(C(=O)OC(C)C)c3)c12. The average Bonchev–Trinajstić information content (AvgIpc) is 3.12. The van der Waals surface area contributed by atoms with Crippen LogP contribution >= 0.6 is 11.3 Å². The molecule has 7 nitrogen and oxygen atoms in total. The van der Waals surface area contributed by atoms with Gasteiger partial charge < -0.3 is 14.8 Å². The first-order chi connectivity index (χ1) is 15.4. The second kappa shape index (κ2) is 9.65. The zero-order valence-electron chi connectivity index (χ0n) is 18.5. The Hall–Kier alpha value is -3.00. The van der Waals surface area contributed by atoms with Crippen LogP contribution in [-0.2, 0) is 9.47 Å². The Morgan fingerprint density at radius 1 is 1.12 bits per heavy atom. The summed E-state index contributed by atoms with van der Waals surface area (Å²) in [6.07, 6.45) is 6.54. The minimum Gasteiger partial charge on any atom is -0.459 e. The van der Waals surface area contributed by atoms with Crippen LogP contribution in [0.1, 0.15) is 71.5 Å². The van der Waals surface area contributed by atoms with E-state index in [2.05, 4.69) is 15.3 Å². The molecular weight excluding hydrogens is 426 g/mol. The molecule has 4 rings (SSSR count). The number of carbonyl (C=O) groups excluding carboxylic acids is 2. The summed E-state index contributed by atoms with van der Waals surface area (Å²) in [6, 6.07) is 7.06. The number of hydrogen-bond donors (Lipinski definition) is 1. The van der Waals surface area contributed by atoms with E-state index in [-0.39, 0.29) is 24.1 Å². The first-order valence-corrected chi connectivity index (χ1v) is 11.8. The third kappa shape index (κ3) is 4.91. The van der Waals surface area contributed by atoms with Gasteiger partial charge in [0.2, 0.25) is 0 Å². The van der Waals surface area contributed by atoms with Crippen molar-refractivity contribution in [3.05, 3.63) is 46.6 Å². The van der Waals surface area contributed by atoms with Crippen LogP contribution in [0.25, 0.3) is 10.2 Å². The third-order valence-corrected chi connectivity index (χ3v) is 6.62. The van der Waals surface area contributed by atoms with Gasteiger partial charge in [0.1, 0.15) is 28.0 Å². The molecule has 2 heterocycles. The molecule has 0 bridgehead atoms. The summed E-state index contributed by atoms with van der Waals surface area (Å²) in [5, 5.41) is 4.05. The van der Waals surface area contributed by atoms with Gasteiger partial charge >= 0.3 is 11.9 Å². The summed E-state index contributed by atoms with van der Waals surface area (Å²) in [5.74, 6) is -0.0902. The van der Waals surface area contributed by atoms with Gasteiger partial charge in [0.25, 0.3) is 0 Å². The van der Waals surface area contributed by atoms with E-state index in [4.69, 9.17) is 9.47 Å². The van der Waals surface area contributed by atoms with Crippen LogP contribution in [-0.4, -0.2) is 34.1 Å². The van der Waals surface area contributed by atoms with Gasteiger partial charge in [-0.2, -0.15) is 0 Å². The topological polar surface area (TPSA) is 90.4 Å². The highest BCUT2D eigenvalue weighted by molar-refractivity contribution is 7.20. The number of carbonyl (C=O) groups is 2. The maximum absolute atomic E-state index is 12.8. The van der Waals surface area contributed by atoms with E-state index in [0.717, 1.165) is 36.6 Å². The highest BCUT2D eigenvalue weighted by Gasteiger charge is 2.24. The minimum atomic E-state index is -0.379. The maximum Gasteiger partial charge on any atom is 0.348 e. The number of aromatic nitrogens is 2. The lowest BCUT2D eigenvalue weighted by Crippen LogP contribution is -2.20. The van der Waals surface area contributed by atoms with Gasteiger partial charge in [-0.25, -0.2) is 19.6 Å².